The Morgan fingerprint density at radius 1 is 1.58 bits per heavy atom. The standard InChI is InChI=1S/C8H12F2N2/c1-2-7(11)6-3-4-12(5-6)8(9)10/h3-5,7-8H,2,11H2,1H3. The van der Waals surface area contributed by atoms with Gasteiger partial charge in [0, 0.05) is 18.4 Å². The number of hydrogen-bond acceptors (Lipinski definition) is 1. The van der Waals surface area contributed by atoms with Crippen molar-refractivity contribution in [3.05, 3.63) is 24.0 Å². The molecule has 0 radical (unpaired) electrons. The van der Waals surface area contributed by atoms with Gasteiger partial charge in [-0.15, -0.1) is 0 Å². The fourth-order valence-electron chi connectivity index (χ4n) is 1.01. The van der Waals surface area contributed by atoms with Gasteiger partial charge in [-0.1, -0.05) is 6.92 Å². The molecule has 0 aliphatic rings. The fourth-order valence-corrected chi connectivity index (χ4v) is 1.01. The van der Waals surface area contributed by atoms with Crippen LogP contribution in [-0.2, 0) is 0 Å². The van der Waals surface area contributed by atoms with E-state index in [0.29, 0.717) is 0 Å². The molecule has 0 aliphatic carbocycles. The molecule has 1 heterocycles. The number of rotatable bonds is 3. The quantitative estimate of drug-likeness (QED) is 0.748. The topological polar surface area (TPSA) is 30.9 Å². The lowest BCUT2D eigenvalue weighted by Gasteiger charge is -2.04. The summed E-state index contributed by atoms with van der Waals surface area (Å²) in [6.07, 6.45) is 3.49. The van der Waals surface area contributed by atoms with E-state index in [1.54, 1.807) is 6.07 Å². The molecule has 0 spiro atoms. The third-order valence-electron chi connectivity index (χ3n) is 1.83. The number of alkyl halides is 2. The molecule has 2 N–H and O–H groups in total. The van der Waals surface area contributed by atoms with Gasteiger partial charge in [0.1, 0.15) is 0 Å². The number of hydrogen-bond donors (Lipinski definition) is 1. The Morgan fingerprint density at radius 3 is 2.67 bits per heavy atom. The van der Waals surface area contributed by atoms with E-state index in [2.05, 4.69) is 0 Å². The molecule has 0 bridgehead atoms. The summed E-state index contributed by atoms with van der Waals surface area (Å²) in [4.78, 5) is 0. The summed E-state index contributed by atoms with van der Waals surface area (Å²) < 4.78 is 25.0. The van der Waals surface area contributed by atoms with Gasteiger partial charge < -0.3 is 5.73 Å². The summed E-state index contributed by atoms with van der Waals surface area (Å²) in [5.41, 5.74) is 6.41. The average molecular weight is 174 g/mol. The molecule has 1 unspecified atom stereocenters. The second-order valence-corrected chi connectivity index (χ2v) is 2.68. The summed E-state index contributed by atoms with van der Waals surface area (Å²) >= 11 is 0. The maximum Gasteiger partial charge on any atom is 0.318 e. The SMILES string of the molecule is CCC(N)c1ccn(C(F)F)c1. The zero-order valence-electron chi connectivity index (χ0n) is 6.87. The molecule has 0 amide bonds. The Hall–Kier alpha value is -0.900. The molecule has 0 aromatic carbocycles. The first-order valence-corrected chi connectivity index (χ1v) is 3.86. The Bertz CT molecular complexity index is 245. The van der Waals surface area contributed by atoms with Gasteiger partial charge in [0.15, 0.2) is 0 Å². The lowest BCUT2D eigenvalue weighted by Crippen LogP contribution is -2.07. The molecule has 0 saturated carbocycles. The van der Waals surface area contributed by atoms with Gasteiger partial charge in [0.25, 0.3) is 0 Å². The Kier molecular flexibility index (Phi) is 2.81. The van der Waals surface area contributed by atoms with Gasteiger partial charge >= 0.3 is 6.55 Å². The van der Waals surface area contributed by atoms with E-state index in [0.717, 1.165) is 16.6 Å². The van der Waals surface area contributed by atoms with Crippen LogP contribution < -0.4 is 5.73 Å². The second kappa shape index (κ2) is 3.67. The Labute approximate surface area is 70.0 Å². The molecule has 1 aromatic rings. The number of nitrogens with two attached hydrogens (primary N) is 1. The predicted octanol–water partition coefficient (Wildman–Crippen LogP) is 2.29. The van der Waals surface area contributed by atoms with Crippen molar-refractivity contribution in [2.24, 2.45) is 5.73 Å². The van der Waals surface area contributed by atoms with Crippen molar-refractivity contribution in [3.8, 4) is 0 Å². The maximum atomic E-state index is 12.1. The summed E-state index contributed by atoms with van der Waals surface area (Å²) in [5.74, 6) is 0. The van der Waals surface area contributed by atoms with E-state index in [4.69, 9.17) is 5.73 Å². The molecule has 1 atom stereocenters. The van der Waals surface area contributed by atoms with E-state index in [-0.39, 0.29) is 6.04 Å². The molecule has 68 valence electrons. The van der Waals surface area contributed by atoms with Gasteiger partial charge in [-0.3, -0.25) is 4.57 Å². The van der Waals surface area contributed by atoms with Crippen LogP contribution in [-0.4, -0.2) is 4.57 Å². The Balaban J connectivity index is 2.77. The first-order chi connectivity index (χ1) is 5.65. The smallest absolute Gasteiger partial charge is 0.318 e. The molecule has 2 nitrogen and oxygen atoms in total. The molecule has 0 aliphatic heterocycles. The van der Waals surface area contributed by atoms with Crippen LogP contribution >= 0.6 is 0 Å². The molecule has 4 heteroatoms. The van der Waals surface area contributed by atoms with Crippen LogP contribution in [0.15, 0.2) is 18.5 Å². The van der Waals surface area contributed by atoms with Crippen LogP contribution in [0.4, 0.5) is 8.78 Å². The van der Waals surface area contributed by atoms with Crippen LogP contribution in [0.3, 0.4) is 0 Å². The monoisotopic (exact) mass is 174 g/mol. The lowest BCUT2D eigenvalue weighted by atomic mass is 10.1. The van der Waals surface area contributed by atoms with Crippen molar-refractivity contribution in [1.29, 1.82) is 0 Å². The minimum Gasteiger partial charge on any atom is -0.324 e. The molecular weight excluding hydrogens is 162 g/mol. The average Bonchev–Trinajstić information content (AvgIpc) is 2.51. The van der Waals surface area contributed by atoms with E-state index < -0.39 is 6.55 Å². The predicted molar refractivity (Wildman–Crippen MR) is 42.9 cm³/mol. The van der Waals surface area contributed by atoms with Crippen LogP contribution in [0.2, 0.25) is 0 Å². The number of halogens is 2. The highest BCUT2D eigenvalue weighted by molar-refractivity contribution is 5.14. The normalized spacial score (nSPS) is 13.8. The highest BCUT2D eigenvalue weighted by Gasteiger charge is 2.08. The minimum atomic E-state index is -2.47. The molecule has 0 saturated heterocycles. The van der Waals surface area contributed by atoms with Crippen LogP contribution in [0.5, 0.6) is 0 Å². The lowest BCUT2D eigenvalue weighted by molar-refractivity contribution is 0.0705. The van der Waals surface area contributed by atoms with Crippen molar-refractivity contribution in [3.63, 3.8) is 0 Å². The van der Waals surface area contributed by atoms with Gasteiger partial charge in [-0.05, 0) is 18.1 Å². The third-order valence-corrected chi connectivity index (χ3v) is 1.83. The molecule has 1 aromatic heterocycles. The summed E-state index contributed by atoms with van der Waals surface area (Å²) in [5, 5.41) is 0. The van der Waals surface area contributed by atoms with E-state index >= 15 is 0 Å². The van der Waals surface area contributed by atoms with E-state index in [1.165, 1.54) is 12.4 Å². The van der Waals surface area contributed by atoms with Crippen LogP contribution in [0.25, 0.3) is 0 Å². The third kappa shape index (κ3) is 1.82. The van der Waals surface area contributed by atoms with Crippen molar-refractivity contribution < 1.29 is 8.78 Å². The van der Waals surface area contributed by atoms with E-state index in [9.17, 15) is 8.78 Å². The summed E-state index contributed by atoms with van der Waals surface area (Å²) in [6.45, 7) is -0.549. The van der Waals surface area contributed by atoms with Crippen LogP contribution in [0, 0.1) is 0 Å². The van der Waals surface area contributed by atoms with Gasteiger partial charge in [0.05, 0.1) is 0 Å². The summed E-state index contributed by atoms with van der Waals surface area (Å²) in [7, 11) is 0. The minimum absolute atomic E-state index is 0.134. The number of aromatic nitrogens is 1. The Morgan fingerprint density at radius 2 is 2.25 bits per heavy atom. The second-order valence-electron chi connectivity index (χ2n) is 2.68. The van der Waals surface area contributed by atoms with Crippen molar-refractivity contribution >= 4 is 0 Å². The molecule has 1 rings (SSSR count). The van der Waals surface area contributed by atoms with Crippen molar-refractivity contribution in [2.45, 2.75) is 25.9 Å². The first-order valence-electron chi connectivity index (χ1n) is 3.86. The highest BCUT2D eigenvalue weighted by Crippen LogP contribution is 2.17. The maximum absolute atomic E-state index is 12.1. The van der Waals surface area contributed by atoms with Gasteiger partial charge in [0.2, 0.25) is 0 Å². The largest absolute Gasteiger partial charge is 0.324 e. The van der Waals surface area contributed by atoms with Crippen molar-refractivity contribution in [2.75, 3.05) is 0 Å². The number of nitrogens with zero attached hydrogens (tertiary/aromatic N) is 1. The van der Waals surface area contributed by atoms with E-state index in [1.807, 2.05) is 6.92 Å². The first kappa shape index (κ1) is 9.19. The van der Waals surface area contributed by atoms with Crippen molar-refractivity contribution in [1.82, 2.24) is 4.57 Å². The van der Waals surface area contributed by atoms with Gasteiger partial charge in [-0.2, -0.15) is 8.78 Å². The summed E-state index contributed by atoms with van der Waals surface area (Å²) in [6, 6.07) is 1.49. The zero-order valence-corrected chi connectivity index (χ0v) is 6.87. The van der Waals surface area contributed by atoms with Crippen LogP contribution in [0.1, 0.15) is 31.5 Å². The van der Waals surface area contributed by atoms with Gasteiger partial charge in [-0.25, -0.2) is 0 Å². The molecular formula is C8H12F2N2. The molecule has 12 heavy (non-hydrogen) atoms. The zero-order chi connectivity index (χ0) is 9.14. The molecule has 0 fully saturated rings. The fraction of sp³-hybridized carbons (Fsp3) is 0.500. The highest BCUT2D eigenvalue weighted by atomic mass is 19.3.